The highest BCUT2D eigenvalue weighted by Gasteiger charge is 2.16. The van der Waals surface area contributed by atoms with Crippen LogP contribution in [0.1, 0.15) is 11.3 Å². The molecule has 1 amide bonds. The van der Waals surface area contributed by atoms with Gasteiger partial charge >= 0.3 is 5.69 Å². The number of amides is 1. The van der Waals surface area contributed by atoms with E-state index in [0.29, 0.717) is 33.4 Å². The molecular weight excluding hydrogens is 390 g/mol. The molecule has 0 bridgehead atoms. The van der Waals surface area contributed by atoms with Crippen molar-refractivity contribution in [2.24, 2.45) is 0 Å². The maximum Gasteiger partial charge on any atom is 0.352 e. The first-order chi connectivity index (χ1) is 13.9. The number of nitrogens with zero attached hydrogens (tertiary/aromatic N) is 4. The van der Waals surface area contributed by atoms with Crippen molar-refractivity contribution in [3.05, 3.63) is 81.4 Å². The highest BCUT2D eigenvalue weighted by molar-refractivity contribution is 6.30. The molecule has 7 nitrogen and oxygen atoms in total. The molecular formula is C21H18ClN5O2. The molecule has 0 aliphatic heterocycles. The summed E-state index contributed by atoms with van der Waals surface area (Å²) in [6, 6.07) is 16.2. The van der Waals surface area contributed by atoms with Crippen LogP contribution in [0, 0.1) is 13.8 Å². The third-order valence-corrected chi connectivity index (χ3v) is 4.64. The third kappa shape index (κ3) is 3.90. The van der Waals surface area contributed by atoms with E-state index in [2.05, 4.69) is 15.4 Å². The lowest BCUT2D eigenvalue weighted by atomic mass is 10.2. The minimum Gasteiger partial charge on any atom is -0.324 e. The number of fused-ring (bicyclic) bond motifs is 1. The fourth-order valence-electron chi connectivity index (χ4n) is 3.05. The number of halogens is 1. The quantitative estimate of drug-likeness (QED) is 0.561. The van der Waals surface area contributed by atoms with Crippen molar-refractivity contribution in [2.75, 3.05) is 5.32 Å². The summed E-state index contributed by atoms with van der Waals surface area (Å²) in [5.41, 5.74) is 3.12. The number of carbonyl (C=O) groups excluding carboxylic acids is 1. The van der Waals surface area contributed by atoms with Crippen LogP contribution in [-0.2, 0) is 11.3 Å². The van der Waals surface area contributed by atoms with Gasteiger partial charge in [0.2, 0.25) is 5.91 Å². The molecule has 4 aromatic rings. The van der Waals surface area contributed by atoms with Gasteiger partial charge < -0.3 is 5.32 Å². The van der Waals surface area contributed by atoms with Crippen molar-refractivity contribution < 1.29 is 4.79 Å². The SMILES string of the molecule is Cc1ccc(NC(=O)Cn2nc3cc(C)nc(-c4cccc(Cl)c4)n3c2=O)cc1. The molecule has 0 atom stereocenters. The number of carbonyl (C=O) groups is 1. The molecule has 0 fully saturated rings. The highest BCUT2D eigenvalue weighted by Crippen LogP contribution is 2.21. The van der Waals surface area contributed by atoms with Crippen LogP contribution in [0.2, 0.25) is 5.02 Å². The molecule has 0 aliphatic rings. The normalized spacial score (nSPS) is 11.0. The van der Waals surface area contributed by atoms with Crippen LogP contribution in [-0.4, -0.2) is 25.1 Å². The van der Waals surface area contributed by atoms with Crippen LogP contribution in [0.5, 0.6) is 0 Å². The number of aryl methyl sites for hydroxylation is 2. The van der Waals surface area contributed by atoms with Gasteiger partial charge in [-0.25, -0.2) is 18.9 Å². The first-order valence-electron chi connectivity index (χ1n) is 9.00. The van der Waals surface area contributed by atoms with Gasteiger partial charge in [0.15, 0.2) is 5.65 Å². The molecule has 0 saturated heterocycles. The second-order valence-corrected chi connectivity index (χ2v) is 7.22. The van der Waals surface area contributed by atoms with Gasteiger partial charge in [0, 0.05) is 28.0 Å². The molecule has 8 heteroatoms. The van der Waals surface area contributed by atoms with Crippen LogP contribution in [0.25, 0.3) is 17.0 Å². The second-order valence-electron chi connectivity index (χ2n) is 6.78. The number of rotatable bonds is 4. The molecule has 2 aromatic heterocycles. The predicted octanol–water partition coefficient (Wildman–Crippen LogP) is 3.47. The van der Waals surface area contributed by atoms with Gasteiger partial charge in [-0.2, -0.15) is 0 Å². The van der Waals surface area contributed by atoms with Crippen LogP contribution >= 0.6 is 11.6 Å². The zero-order chi connectivity index (χ0) is 20.5. The maximum absolute atomic E-state index is 13.0. The Balaban J connectivity index is 1.70. The van der Waals surface area contributed by atoms with Crippen molar-refractivity contribution in [1.29, 1.82) is 0 Å². The standard InChI is InChI=1S/C21H18ClN5O2/c1-13-6-8-17(9-7-13)24-19(28)12-26-21(29)27-18(25-26)10-14(2)23-20(27)15-4-3-5-16(22)11-15/h3-11H,12H2,1-2H3,(H,24,28). The average Bonchev–Trinajstić information content (AvgIpc) is 2.98. The summed E-state index contributed by atoms with van der Waals surface area (Å²) >= 11 is 6.10. The van der Waals surface area contributed by atoms with E-state index in [4.69, 9.17) is 11.6 Å². The van der Waals surface area contributed by atoms with Gasteiger partial charge in [-0.05, 0) is 38.1 Å². The molecule has 0 saturated carbocycles. The lowest BCUT2D eigenvalue weighted by Gasteiger charge is -2.05. The number of aromatic nitrogens is 4. The third-order valence-electron chi connectivity index (χ3n) is 4.41. The molecule has 0 spiro atoms. The molecule has 0 radical (unpaired) electrons. The van der Waals surface area contributed by atoms with E-state index in [1.807, 2.05) is 44.2 Å². The van der Waals surface area contributed by atoms with E-state index in [0.717, 1.165) is 10.2 Å². The Morgan fingerprint density at radius 2 is 1.86 bits per heavy atom. The minimum atomic E-state index is -0.443. The summed E-state index contributed by atoms with van der Waals surface area (Å²) in [5, 5.41) is 7.62. The van der Waals surface area contributed by atoms with Crippen LogP contribution < -0.4 is 11.0 Å². The van der Waals surface area contributed by atoms with Gasteiger partial charge in [-0.1, -0.05) is 41.4 Å². The summed E-state index contributed by atoms with van der Waals surface area (Å²) in [6.07, 6.45) is 0. The molecule has 1 N–H and O–H groups in total. The van der Waals surface area contributed by atoms with Gasteiger partial charge in [0.1, 0.15) is 12.4 Å². The molecule has 0 unspecified atom stereocenters. The smallest absolute Gasteiger partial charge is 0.324 e. The summed E-state index contributed by atoms with van der Waals surface area (Å²) < 4.78 is 2.52. The summed E-state index contributed by atoms with van der Waals surface area (Å²) in [4.78, 5) is 29.9. The Labute approximate surface area is 171 Å². The summed E-state index contributed by atoms with van der Waals surface area (Å²) in [7, 11) is 0. The summed E-state index contributed by atoms with van der Waals surface area (Å²) in [5.74, 6) is 0.0889. The van der Waals surface area contributed by atoms with Crippen molar-refractivity contribution in [3.63, 3.8) is 0 Å². The first kappa shape index (κ1) is 18.9. The largest absolute Gasteiger partial charge is 0.352 e. The zero-order valence-corrected chi connectivity index (χ0v) is 16.6. The lowest BCUT2D eigenvalue weighted by molar-refractivity contribution is -0.117. The molecule has 4 rings (SSSR count). The Kier molecular flexibility index (Phi) is 4.90. The molecule has 2 aromatic carbocycles. The Morgan fingerprint density at radius 1 is 1.10 bits per heavy atom. The molecule has 2 heterocycles. The van der Waals surface area contributed by atoms with Crippen LogP contribution in [0.15, 0.2) is 59.4 Å². The van der Waals surface area contributed by atoms with Crippen LogP contribution in [0.3, 0.4) is 0 Å². The fourth-order valence-corrected chi connectivity index (χ4v) is 3.24. The van der Waals surface area contributed by atoms with Crippen molar-refractivity contribution in [2.45, 2.75) is 20.4 Å². The highest BCUT2D eigenvalue weighted by atomic mass is 35.5. The number of hydrogen-bond acceptors (Lipinski definition) is 4. The first-order valence-corrected chi connectivity index (χ1v) is 9.38. The Bertz CT molecular complexity index is 1270. The van der Waals surface area contributed by atoms with E-state index < -0.39 is 5.69 Å². The molecule has 29 heavy (non-hydrogen) atoms. The number of anilines is 1. The van der Waals surface area contributed by atoms with E-state index in [9.17, 15) is 9.59 Å². The molecule has 0 aliphatic carbocycles. The van der Waals surface area contributed by atoms with E-state index in [-0.39, 0.29) is 12.5 Å². The average molecular weight is 408 g/mol. The van der Waals surface area contributed by atoms with Gasteiger partial charge in [0.25, 0.3) is 0 Å². The van der Waals surface area contributed by atoms with Gasteiger partial charge in [-0.15, -0.1) is 5.10 Å². The van der Waals surface area contributed by atoms with Gasteiger partial charge in [-0.3, -0.25) is 4.79 Å². The van der Waals surface area contributed by atoms with Gasteiger partial charge in [0.05, 0.1) is 0 Å². The Morgan fingerprint density at radius 3 is 2.59 bits per heavy atom. The van der Waals surface area contributed by atoms with Crippen molar-refractivity contribution in [3.8, 4) is 11.4 Å². The maximum atomic E-state index is 13.0. The zero-order valence-electron chi connectivity index (χ0n) is 15.9. The predicted molar refractivity (Wildman–Crippen MR) is 112 cm³/mol. The minimum absolute atomic E-state index is 0.206. The lowest BCUT2D eigenvalue weighted by Crippen LogP contribution is -2.28. The van der Waals surface area contributed by atoms with Crippen molar-refractivity contribution >= 4 is 28.8 Å². The topological polar surface area (TPSA) is 81.3 Å². The van der Waals surface area contributed by atoms with E-state index in [1.165, 1.54) is 4.40 Å². The van der Waals surface area contributed by atoms with Crippen molar-refractivity contribution in [1.82, 2.24) is 19.2 Å². The number of benzene rings is 2. The monoisotopic (exact) mass is 407 g/mol. The number of nitrogens with one attached hydrogen (secondary N) is 1. The van der Waals surface area contributed by atoms with Crippen LogP contribution in [0.4, 0.5) is 5.69 Å². The summed E-state index contributed by atoms with van der Waals surface area (Å²) in [6.45, 7) is 3.58. The van der Waals surface area contributed by atoms with E-state index in [1.54, 1.807) is 24.3 Å². The van der Waals surface area contributed by atoms with E-state index >= 15 is 0 Å². The Hall–Kier alpha value is -3.45. The number of hydrogen-bond donors (Lipinski definition) is 1. The fraction of sp³-hybridized carbons (Fsp3) is 0.143. The second kappa shape index (κ2) is 7.52. The molecule has 146 valence electrons.